The summed E-state index contributed by atoms with van der Waals surface area (Å²) in [6.07, 6.45) is 7.38. The summed E-state index contributed by atoms with van der Waals surface area (Å²) >= 11 is 0. The van der Waals surface area contributed by atoms with Gasteiger partial charge < -0.3 is 15.4 Å². The Bertz CT molecular complexity index is 755. The molecule has 3 rings (SSSR count). The highest BCUT2D eigenvalue weighted by atomic mass is 32.2. The largest absolute Gasteiger partial charge is 0.487 e. The molecule has 0 amide bonds. The van der Waals surface area contributed by atoms with Gasteiger partial charge in [0.2, 0.25) is 0 Å². The normalized spacial score (nSPS) is 21.9. The fourth-order valence-corrected chi connectivity index (χ4v) is 4.64. The molecule has 1 saturated carbocycles. The third-order valence-corrected chi connectivity index (χ3v) is 6.26. The van der Waals surface area contributed by atoms with Crippen LogP contribution in [-0.4, -0.2) is 45.6 Å². The van der Waals surface area contributed by atoms with Crippen LogP contribution in [0.1, 0.15) is 50.1 Å². The Morgan fingerprint density at radius 1 is 1.31 bits per heavy atom. The van der Waals surface area contributed by atoms with E-state index in [2.05, 4.69) is 21.7 Å². The van der Waals surface area contributed by atoms with Crippen molar-refractivity contribution in [2.75, 3.05) is 25.6 Å². The first-order chi connectivity index (χ1) is 12.4. The number of benzene rings is 1. The van der Waals surface area contributed by atoms with Gasteiger partial charge in [-0.15, -0.1) is 0 Å². The number of fused-ring (bicyclic) bond motifs is 1. The molecular weight excluding hydrogens is 350 g/mol. The summed E-state index contributed by atoms with van der Waals surface area (Å²) in [4.78, 5) is 4.31. The number of rotatable bonds is 5. The number of hydrogen-bond acceptors (Lipinski definition) is 4. The van der Waals surface area contributed by atoms with Gasteiger partial charge in [0.25, 0.3) is 0 Å². The van der Waals surface area contributed by atoms with Gasteiger partial charge in [0.05, 0.1) is 11.8 Å². The number of aliphatic imine (C=N–C) groups is 1. The van der Waals surface area contributed by atoms with Gasteiger partial charge in [-0.2, -0.15) is 0 Å². The molecule has 1 unspecified atom stereocenters. The lowest BCUT2D eigenvalue weighted by atomic mass is 9.86. The van der Waals surface area contributed by atoms with Crippen LogP contribution in [0.25, 0.3) is 0 Å². The van der Waals surface area contributed by atoms with Crippen LogP contribution >= 0.6 is 0 Å². The van der Waals surface area contributed by atoms with Gasteiger partial charge in [-0.1, -0.05) is 18.2 Å². The molecule has 0 radical (unpaired) electrons. The lowest BCUT2D eigenvalue weighted by molar-refractivity contribution is 0.0396. The van der Waals surface area contributed by atoms with Gasteiger partial charge in [-0.3, -0.25) is 4.99 Å². The third kappa shape index (κ3) is 4.69. The average molecular weight is 380 g/mol. The van der Waals surface area contributed by atoms with Crippen molar-refractivity contribution in [3.05, 3.63) is 29.8 Å². The maximum atomic E-state index is 11.3. The number of para-hydroxylation sites is 1. The van der Waals surface area contributed by atoms with Crippen LogP contribution in [0.2, 0.25) is 0 Å². The van der Waals surface area contributed by atoms with Crippen molar-refractivity contribution >= 4 is 15.8 Å². The first-order valence-electron chi connectivity index (χ1n) is 9.34. The van der Waals surface area contributed by atoms with E-state index in [1.54, 1.807) is 7.05 Å². The molecule has 1 aromatic carbocycles. The quantitative estimate of drug-likeness (QED) is 0.467. The predicted molar refractivity (Wildman–Crippen MR) is 104 cm³/mol. The summed E-state index contributed by atoms with van der Waals surface area (Å²) in [5.41, 5.74) is 1.09. The first kappa shape index (κ1) is 19.0. The van der Waals surface area contributed by atoms with Gasteiger partial charge in [0.15, 0.2) is 5.96 Å². The molecule has 2 aliphatic rings. The summed E-state index contributed by atoms with van der Waals surface area (Å²) in [6.45, 7) is 0.572. The van der Waals surface area contributed by atoms with Crippen molar-refractivity contribution < 1.29 is 13.2 Å². The van der Waals surface area contributed by atoms with Crippen molar-refractivity contribution in [2.24, 2.45) is 4.99 Å². The molecule has 1 heterocycles. The van der Waals surface area contributed by atoms with Crippen LogP contribution in [0.3, 0.4) is 0 Å². The smallest absolute Gasteiger partial charge is 0.191 e. The van der Waals surface area contributed by atoms with E-state index in [1.165, 1.54) is 19.1 Å². The highest BCUT2D eigenvalue weighted by molar-refractivity contribution is 7.90. The molecule has 26 heavy (non-hydrogen) atoms. The van der Waals surface area contributed by atoms with Crippen molar-refractivity contribution in [3.8, 4) is 5.75 Å². The zero-order valence-corrected chi connectivity index (χ0v) is 16.4. The molecule has 0 bridgehead atoms. The molecule has 1 fully saturated rings. The number of nitrogens with one attached hydrogen (secondary N) is 2. The molecule has 1 atom stereocenters. The zero-order chi connectivity index (χ0) is 18.6. The van der Waals surface area contributed by atoms with Gasteiger partial charge in [0, 0.05) is 31.8 Å². The number of sulfone groups is 1. The van der Waals surface area contributed by atoms with E-state index in [1.807, 2.05) is 18.2 Å². The molecule has 1 spiro atoms. The molecule has 144 valence electrons. The van der Waals surface area contributed by atoms with Crippen LogP contribution in [0.4, 0.5) is 0 Å². The Morgan fingerprint density at radius 2 is 2.04 bits per heavy atom. The molecule has 0 aromatic heterocycles. The van der Waals surface area contributed by atoms with Crippen LogP contribution in [-0.2, 0) is 9.84 Å². The van der Waals surface area contributed by atoms with Crippen molar-refractivity contribution in [3.63, 3.8) is 0 Å². The Hall–Kier alpha value is -1.76. The molecule has 1 aliphatic heterocycles. The Morgan fingerprint density at radius 3 is 2.73 bits per heavy atom. The first-order valence-corrected chi connectivity index (χ1v) is 11.4. The summed E-state index contributed by atoms with van der Waals surface area (Å²) in [5, 5.41) is 6.75. The summed E-state index contributed by atoms with van der Waals surface area (Å²) in [6, 6.07) is 8.34. The fourth-order valence-electron chi connectivity index (χ4n) is 3.97. The van der Waals surface area contributed by atoms with Gasteiger partial charge in [-0.25, -0.2) is 8.42 Å². The monoisotopic (exact) mass is 379 g/mol. The number of nitrogens with zero attached hydrogens (tertiary/aromatic N) is 1. The molecule has 1 aromatic rings. The lowest BCUT2D eigenvalue weighted by Gasteiger charge is -2.40. The maximum absolute atomic E-state index is 11.3. The number of ether oxygens (including phenoxy) is 1. The minimum absolute atomic E-state index is 0.0683. The second-order valence-corrected chi connectivity index (χ2v) is 9.67. The zero-order valence-electron chi connectivity index (χ0n) is 15.6. The minimum Gasteiger partial charge on any atom is -0.487 e. The van der Waals surface area contributed by atoms with Gasteiger partial charge in [0.1, 0.15) is 21.2 Å². The highest BCUT2D eigenvalue weighted by Gasteiger charge is 2.43. The van der Waals surface area contributed by atoms with Crippen LogP contribution in [0.5, 0.6) is 5.75 Å². The Labute approximate surface area is 156 Å². The van der Waals surface area contributed by atoms with Crippen LogP contribution in [0.15, 0.2) is 29.3 Å². The standard InChI is InChI=1S/C19H29N3O3S/c1-20-18(21-12-7-13-26(2,23)24)22-16-14-19(10-5-6-11-19)25-17-9-4-3-8-15(16)17/h3-4,8-9,16H,5-7,10-14H2,1-2H3,(H2,20,21,22). The van der Waals surface area contributed by atoms with E-state index in [0.717, 1.165) is 30.6 Å². The topological polar surface area (TPSA) is 79.8 Å². The number of hydrogen-bond donors (Lipinski definition) is 2. The predicted octanol–water partition coefficient (Wildman–Crippen LogP) is 2.42. The molecule has 2 N–H and O–H groups in total. The average Bonchev–Trinajstić information content (AvgIpc) is 3.04. The second-order valence-electron chi connectivity index (χ2n) is 7.41. The Balaban J connectivity index is 1.66. The molecule has 0 saturated heterocycles. The molecule has 1 aliphatic carbocycles. The van der Waals surface area contributed by atoms with Gasteiger partial charge >= 0.3 is 0 Å². The van der Waals surface area contributed by atoms with Crippen LogP contribution < -0.4 is 15.4 Å². The summed E-state index contributed by atoms with van der Waals surface area (Å²) in [7, 11) is -1.19. The summed E-state index contributed by atoms with van der Waals surface area (Å²) in [5.74, 6) is 1.85. The van der Waals surface area contributed by atoms with Crippen molar-refractivity contribution in [1.82, 2.24) is 10.6 Å². The van der Waals surface area contributed by atoms with Gasteiger partial charge in [-0.05, 0) is 38.2 Å². The van der Waals surface area contributed by atoms with E-state index >= 15 is 0 Å². The highest BCUT2D eigenvalue weighted by Crippen LogP contribution is 2.46. The van der Waals surface area contributed by atoms with E-state index in [0.29, 0.717) is 18.9 Å². The summed E-state index contributed by atoms with van der Waals surface area (Å²) < 4.78 is 28.9. The van der Waals surface area contributed by atoms with Crippen molar-refractivity contribution in [1.29, 1.82) is 0 Å². The number of guanidine groups is 1. The minimum atomic E-state index is -2.93. The molecule has 7 heteroatoms. The van der Waals surface area contributed by atoms with E-state index in [9.17, 15) is 8.42 Å². The molecule has 6 nitrogen and oxygen atoms in total. The second kappa shape index (κ2) is 7.86. The Kier molecular flexibility index (Phi) is 5.75. The third-order valence-electron chi connectivity index (χ3n) is 5.23. The van der Waals surface area contributed by atoms with E-state index < -0.39 is 9.84 Å². The fraction of sp³-hybridized carbons (Fsp3) is 0.632. The van der Waals surface area contributed by atoms with E-state index in [-0.39, 0.29) is 17.4 Å². The lowest BCUT2D eigenvalue weighted by Crippen LogP contribution is -2.46. The maximum Gasteiger partial charge on any atom is 0.191 e. The molecular formula is C19H29N3O3S. The SMILES string of the molecule is CN=C(NCCCS(C)(=O)=O)NC1CC2(CCCC2)Oc2ccccc21. The van der Waals surface area contributed by atoms with Crippen LogP contribution in [0, 0.1) is 0 Å². The van der Waals surface area contributed by atoms with Crippen molar-refractivity contribution in [2.45, 2.75) is 50.2 Å². The van der Waals surface area contributed by atoms with E-state index in [4.69, 9.17) is 4.74 Å².